The molecule has 1 aromatic rings. The lowest BCUT2D eigenvalue weighted by Crippen LogP contribution is -2.08. The summed E-state index contributed by atoms with van der Waals surface area (Å²) in [6, 6.07) is 1.65. The molecule has 94 valence electrons. The Kier molecular flexibility index (Phi) is 4.38. The first kappa shape index (κ1) is 13.6. The highest BCUT2D eigenvalue weighted by Gasteiger charge is 2.18. The smallest absolute Gasteiger partial charge is 0.384 e. The predicted molar refractivity (Wildman–Crippen MR) is 56.6 cm³/mol. The van der Waals surface area contributed by atoms with Crippen LogP contribution in [-0.2, 0) is 14.3 Å². The van der Waals surface area contributed by atoms with Gasteiger partial charge < -0.3 is 9.47 Å². The molecule has 0 fully saturated rings. The van der Waals surface area contributed by atoms with E-state index < -0.39 is 29.1 Å². The number of benzene rings is 1. The maximum atomic E-state index is 13.4. The molecule has 0 unspecified atom stereocenters. The summed E-state index contributed by atoms with van der Waals surface area (Å²) in [5.41, 5.74) is -0.899. The van der Waals surface area contributed by atoms with Crippen LogP contribution in [0, 0.1) is 23.5 Å². The number of carbonyl (C=O) groups is 2. The van der Waals surface area contributed by atoms with Crippen molar-refractivity contribution >= 4 is 11.9 Å². The summed E-state index contributed by atoms with van der Waals surface area (Å²) in [4.78, 5) is 21.8. The van der Waals surface area contributed by atoms with E-state index in [1.54, 1.807) is 0 Å². The number of ether oxygens (including phenoxy) is 2. The number of hydrogen-bond acceptors (Lipinski definition) is 4. The first-order valence-corrected chi connectivity index (χ1v) is 4.67. The van der Waals surface area contributed by atoms with Gasteiger partial charge in [-0.25, -0.2) is 18.4 Å². The van der Waals surface area contributed by atoms with Crippen molar-refractivity contribution in [2.45, 2.75) is 0 Å². The third-order valence-corrected chi connectivity index (χ3v) is 1.93. The van der Waals surface area contributed by atoms with Crippen LogP contribution < -0.4 is 0 Å². The Morgan fingerprint density at radius 2 is 1.67 bits per heavy atom. The predicted octanol–water partition coefficient (Wildman–Crippen LogP) is 1.28. The highest BCUT2D eigenvalue weighted by Crippen LogP contribution is 2.15. The van der Waals surface area contributed by atoms with Crippen molar-refractivity contribution in [1.82, 2.24) is 0 Å². The van der Waals surface area contributed by atoms with E-state index in [0.717, 1.165) is 26.4 Å². The van der Waals surface area contributed by atoms with E-state index in [2.05, 4.69) is 15.4 Å². The Labute approximate surface area is 102 Å². The SMILES string of the molecule is COC(=O)C#Cc1cc(F)c(C(=O)OC)c(F)c1. The van der Waals surface area contributed by atoms with Crippen LogP contribution in [0.5, 0.6) is 0 Å². The zero-order valence-electron chi connectivity index (χ0n) is 9.54. The molecule has 0 aliphatic carbocycles. The quantitative estimate of drug-likeness (QED) is 0.559. The molecule has 0 saturated carbocycles. The zero-order chi connectivity index (χ0) is 13.7. The van der Waals surface area contributed by atoms with Crippen molar-refractivity contribution in [3.05, 3.63) is 34.9 Å². The maximum absolute atomic E-state index is 13.4. The monoisotopic (exact) mass is 254 g/mol. The summed E-state index contributed by atoms with van der Waals surface area (Å²) >= 11 is 0. The summed E-state index contributed by atoms with van der Waals surface area (Å²) in [5, 5.41) is 0. The average Bonchev–Trinajstić information content (AvgIpc) is 2.34. The fourth-order valence-electron chi connectivity index (χ4n) is 1.12. The van der Waals surface area contributed by atoms with E-state index in [1.807, 2.05) is 5.92 Å². The molecular formula is C12H8F2O4. The lowest BCUT2D eigenvalue weighted by molar-refractivity contribution is -0.133. The molecule has 0 radical (unpaired) electrons. The van der Waals surface area contributed by atoms with Gasteiger partial charge in [0.05, 0.1) is 14.2 Å². The van der Waals surface area contributed by atoms with Crippen molar-refractivity contribution in [2.24, 2.45) is 0 Å². The van der Waals surface area contributed by atoms with E-state index in [4.69, 9.17) is 0 Å². The second-order valence-corrected chi connectivity index (χ2v) is 3.05. The molecule has 0 N–H and O–H groups in total. The van der Waals surface area contributed by atoms with Gasteiger partial charge in [0.15, 0.2) is 0 Å². The third-order valence-electron chi connectivity index (χ3n) is 1.93. The fourth-order valence-corrected chi connectivity index (χ4v) is 1.12. The summed E-state index contributed by atoms with van der Waals surface area (Å²) < 4.78 is 35.3. The number of carbonyl (C=O) groups excluding carboxylic acids is 2. The summed E-state index contributed by atoms with van der Waals surface area (Å²) in [7, 11) is 2.13. The van der Waals surface area contributed by atoms with Crippen molar-refractivity contribution in [1.29, 1.82) is 0 Å². The van der Waals surface area contributed by atoms with Gasteiger partial charge in [0.25, 0.3) is 0 Å². The summed E-state index contributed by atoms with van der Waals surface area (Å²) in [6.07, 6.45) is 0. The van der Waals surface area contributed by atoms with E-state index in [1.165, 1.54) is 0 Å². The van der Waals surface area contributed by atoms with Crippen LogP contribution in [0.3, 0.4) is 0 Å². The molecule has 0 atom stereocenters. The molecule has 0 aliphatic heterocycles. The molecule has 0 aromatic heterocycles. The standard InChI is InChI=1S/C12H8F2O4/c1-17-10(15)4-3-7-5-8(13)11(9(14)6-7)12(16)18-2/h5-6H,1-2H3. The third kappa shape index (κ3) is 3.04. The van der Waals surface area contributed by atoms with Crippen LogP contribution in [0.15, 0.2) is 12.1 Å². The van der Waals surface area contributed by atoms with Gasteiger partial charge in [-0.15, -0.1) is 0 Å². The number of rotatable bonds is 1. The lowest BCUT2D eigenvalue weighted by atomic mass is 10.1. The lowest BCUT2D eigenvalue weighted by Gasteiger charge is -2.03. The normalized spacial score (nSPS) is 9.11. The second kappa shape index (κ2) is 5.77. The van der Waals surface area contributed by atoms with Gasteiger partial charge in [-0.3, -0.25) is 0 Å². The van der Waals surface area contributed by atoms with Gasteiger partial charge >= 0.3 is 11.9 Å². The van der Waals surface area contributed by atoms with Gasteiger partial charge in [-0.2, -0.15) is 0 Å². The number of methoxy groups -OCH3 is 2. The highest BCUT2D eigenvalue weighted by atomic mass is 19.1. The Morgan fingerprint density at radius 1 is 1.11 bits per heavy atom. The van der Waals surface area contributed by atoms with Crippen LogP contribution in [0.1, 0.15) is 15.9 Å². The number of esters is 2. The van der Waals surface area contributed by atoms with Gasteiger partial charge in [0.2, 0.25) is 0 Å². The molecule has 0 bridgehead atoms. The number of halogens is 2. The average molecular weight is 254 g/mol. The van der Waals surface area contributed by atoms with E-state index in [9.17, 15) is 18.4 Å². The first-order valence-electron chi connectivity index (χ1n) is 4.67. The van der Waals surface area contributed by atoms with Gasteiger partial charge in [-0.05, 0) is 12.1 Å². The molecule has 4 nitrogen and oxygen atoms in total. The Bertz CT molecular complexity index is 532. The van der Waals surface area contributed by atoms with E-state index >= 15 is 0 Å². The van der Waals surface area contributed by atoms with Gasteiger partial charge in [-0.1, -0.05) is 5.92 Å². The molecule has 0 heterocycles. The Morgan fingerprint density at radius 3 is 2.11 bits per heavy atom. The van der Waals surface area contributed by atoms with Crippen molar-refractivity contribution in [3.63, 3.8) is 0 Å². The van der Waals surface area contributed by atoms with Gasteiger partial charge in [0, 0.05) is 11.5 Å². The van der Waals surface area contributed by atoms with Crippen molar-refractivity contribution in [3.8, 4) is 11.8 Å². The fraction of sp³-hybridized carbons (Fsp3) is 0.167. The molecule has 1 rings (SSSR count). The minimum absolute atomic E-state index is 0.0944. The number of hydrogen-bond donors (Lipinski definition) is 0. The van der Waals surface area contributed by atoms with Crippen LogP contribution in [-0.4, -0.2) is 26.2 Å². The molecular weight excluding hydrogens is 246 g/mol. The molecule has 6 heteroatoms. The van der Waals surface area contributed by atoms with Crippen molar-refractivity contribution < 1.29 is 27.8 Å². The van der Waals surface area contributed by atoms with Crippen LogP contribution in [0.2, 0.25) is 0 Å². The zero-order valence-corrected chi connectivity index (χ0v) is 9.54. The first-order chi connectivity index (χ1) is 8.49. The van der Waals surface area contributed by atoms with E-state index in [-0.39, 0.29) is 5.56 Å². The summed E-state index contributed by atoms with van der Waals surface area (Å²) in [6.45, 7) is 0. The van der Waals surface area contributed by atoms with Crippen molar-refractivity contribution in [2.75, 3.05) is 14.2 Å². The highest BCUT2D eigenvalue weighted by molar-refractivity contribution is 5.91. The minimum atomic E-state index is -1.13. The van der Waals surface area contributed by atoms with Crippen LogP contribution >= 0.6 is 0 Å². The molecule has 0 saturated heterocycles. The second-order valence-electron chi connectivity index (χ2n) is 3.05. The molecule has 0 spiro atoms. The molecule has 0 aliphatic rings. The maximum Gasteiger partial charge on any atom is 0.384 e. The summed E-state index contributed by atoms with van der Waals surface area (Å²) in [5.74, 6) is 0.0127. The van der Waals surface area contributed by atoms with Crippen LogP contribution in [0.4, 0.5) is 8.78 Å². The Balaban J connectivity index is 3.17. The van der Waals surface area contributed by atoms with Gasteiger partial charge in [0.1, 0.15) is 17.2 Å². The largest absolute Gasteiger partial charge is 0.465 e. The van der Waals surface area contributed by atoms with E-state index in [0.29, 0.717) is 0 Å². The molecule has 0 amide bonds. The van der Waals surface area contributed by atoms with Crippen LogP contribution in [0.25, 0.3) is 0 Å². The minimum Gasteiger partial charge on any atom is -0.465 e. The Hall–Kier alpha value is -2.42. The molecule has 1 aromatic carbocycles. The topological polar surface area (TPSA) is 52.6 Å². The molecule has 18 heavy (non-hydrogen) atoms.